The molecule has 0 radical (unpaired) electrons. The smallest absolute Gasteiger partial charge is 0.255 e. The summed E-state index contributed by atoms with van der Waals surface area (Å²) >= 11 is 3.64. The number of rotatable bonds is 5. The lowest BCUT2D eigenvalue weighted by molar-refractivity contribution is 0.0708. The van der Waals surface area contributed by atoms with Crippen molar-refractivity contribution in [1.82, 2.24) is 19.1 Å². The normalized spacial score (nSPS) is 18.5. The highest BCUT2D eigenvalue weighted by Crippen LogP contribution is 2.39. The van der Waals surface area contributed by atoms with Crippen LogP contribution in [0.2, 0.25) is 0 Å². The Labute approximate surface area is 213 Å². The Morgan fingerprint density at radius 1 is 1.23 bits per heavy atom. The summed E-state index contributed by atoms with van der Waals surface area (Å²) in [6.45, 7) is 4.38. The Kier molecular flexibility index (Phi) is 5.60. The van der Waals surface area contributed by atoms with E-state index in [2.05, 4.69) is 51.7 Å². The lowest BCUT2D eigenvalue weighted by Crippen LogP contribution is -2.45. The maximum atomic E-state index is 13.3. The molecule has 0 bridgehead atoms. The van der Waals surface area contributed by atoms with Gasteiger partial charge in [0.2, 0.25) is 0 Å². The largest absolute Gasteiger partial charge is 0.494 e. The summed E-state index contributed by atoms with van der Waals surface area (Å²) in [5, 5.41) is 6.21. The van der Waals surface area contributed by atoms with Gasteiger partial charge in [0, 0.05) is 52.8 Å². The third-order valence-electron chi connectivity index (χ3n) is 7.39. The van der Waals surface area contributed by atoms with Gasteiger partial charge in [-0.2, -0.15) is 5.10 Å². The zero-order valence-corrected chi connectivity index (χ0v) is 21.7. The number of methoxy groups -OCH3 is 1. The number of carbonyl (C=O) groups is 1. The Morgan fingerprint density at radius 3 is 2.80 bits per heavy atom. The highest BCUT2D eigenvalue weighted by atomic mass is 79.9. The molecule has 2 fully saturated rings. The van der Waals surface area contributed by atoms with Crippen molar-refractivity contribution >= 4 is 38.3 Å². The van der Waals surface area contributed by atoms with E-state index in [9.17, 15) is 4.79 Å². The van der Waals surface area contributed by atoms with Crippen LogP contribution < -0.4 is 10.5 Å². The summed E-state index contributed by atoms with van der Waals surface area (Å²) in [5.41, 5.74) is 11.9. The van der Waals surface area contributed by atoms with Gasteiger partial charge in [-0.25, -0.2) is 4.52 Å². The fourth-order valence-electron chi connectivity index (χ4n) is 5.36. The van der Waals surface area contributed by atoms with Crippen LogP contribution in [0.15, 0.2) is 41.0 Å². The molecule has 182 valence electrons. The molecule has 1 aliphatic carbocycles. The summed E-state index contributed by atoms with van der Waals surface area (Å²) in [5.74, 6) is 1.35. The predicted octanol–water partition coefficient (Wildman–Crippen LogP) is 5.01. The van der Waals surface area contributed by atoms with E-state index in [-0.39, 0.29) is 11.9 Å². The number of nitrogens with zero attached hydrogens (tertiary/aromatic N) is 4. The molecule has 8 heteroatoms. The van der Waals surface area contributed by atoms with Crippen molar-refractivity contribution in [2.24, 2.45) is 11.7 Å². The molecule has 1 saturated carbocycles. The lowest BCUT2D eigenvalue weighted by Gasteiger charge is -2.30. The second kappa shape index (κ2) is 8.68. The first kappa shape index (κ1) is 22.6. The predicted molar refractivity (Wildman–Crippen MR) is 141 cm³/mol. The molecular formula is C27H30BrN5O2. The summed E-state index contributed by atoms with van der Waals surface area (Å²) in [6.07, 6.45) is 6.27. The number of aromatic nitrogens is 3. The van der Waals surface area contributed by atoms with Crippen LogP contribution in [0.1, 0.15) is 41.6 Å². The number of carbonyl (C=O) groups excluding carboxylic acids is 1. The van der Waals surface area contributed by atoms with Crippen LogP contribution in [0.25, 0.3) is 27.8 Å². The Morgan fingerprint density at radius 2 is 2.06 bits per heavy atom. The number of ether oxygens (including phenoxy) is 1. The van der Waals surface area contributed by atoms with E-state index in [1.165, 1.54) is 23.7 Å². The molecule has 1 aliphatic heterocycles. The fraction of sp³-hybridized carbons (Fsp3) is 0.407. The summed E-state index contributed by atoms with van der Waals surface area (Å²) < 4.78 is 11.1. The second-order valence-electron chi connectivity index (χ2n) is 10.0. The van der Waals surface area contributed by atoms with Crippen LogP contribution in [0.5, 0.6) is 5.75 Å². The molecule has 35 heavy (non-hydrogen) atoms. The number of halogens is 1. The maximum absolute atomic E-state index is 13.3. The maximum Gasteiger partial charge on any atom is 0.255 e. The van der Waals surface area contributed by atoms with Crippen LogP contribution in [0.4, 0.5) is 0 Å². The van der Waals surface area contributed by atoms with Crippen molar-refractivity contribution in [1.29, 1.82) is 0 Å². The molecule has 1 atom stereocenters. The Balaban J connectivity index is 1.48. The molecule has 4 aromatic rings. The van der Waals surface area contributed by atoms with E-state index >= 15 is 0 Å². The van der Waals surface area contributed by atoms with Crippen molar-refractivity contribution in [3.05, 3.63) is 52.1 Å². The molecule has 4 heterocycles. The Hall–Kier alpha value is -2.84. The van der Waals surface area contributed by atoms with E-state index in [0.29, 0.717) is 17.9 Å². The van der Waals surface area contributed by atoms with Gasteiger partial charge in [0.05, 0.1) is 18.4 Å². The van der Waals surface area contributed by atoms with E-state index in [1.54, 1.807) is 7.11 Å². The third kappa shape index (κ3) is 4.02. The van der Waals surface area contributed by atoms with Gasteiger partial charge in [-0.05, 0) is 62.8 Å². The van der Waals surface area contributed by atoms with Gasteiger partial charge in [0.25, 0.3) is 5.91 Å². The molecule has 1 unspecified atom stereocenters. The number of pyridine rings is 1. The average molecular weight is 536 g/mol. The number of hydrogen-bond donors (Lipinski definition) is 1. The van der Waals surface area contributed by atoms with Gasteiger partial charge in [0.1, 0.15) is 17.0 Å². The van der Waals surface area contributed by atoms with Gasteiger partial charge < -0.3 is 19.9 Å². The monoisotopic (exact) mass is 535 g/mol. The number of nitrogens with two attached hydrogens (primary N) is 1. The molecule has 3 aromatic heterocycles. The van der Waals surface area contributed by atoms with Crippen LogP contribution in [0.3, 0.4) is 0 Å². The molecule has 2 aliphatic rings. The SMILES string of the molecule is COc1cc(C(=O)N2CCCC(N)C2)cn2nc(-c3cc4ccc(Br)cc4n3CC3CC3)c(C)c12. The van der Waals surface area contributed by atoms with Gasteiger partial charge in [0.15, 0.2) is 0 Å². The zero-order valence-electron chi connectivity index (χ0n) is 20.1. The van der Waals surface area contributed by atoms with Crippen LogP contribution >= 0.6 is 15.9 Å². The van der Waals surface area contributed by atoms with E-state index in [1.807, 2.05) is 21.7 Å². The summed E-state index contributed by atoms with van der Waals surface area (Å²) in [4.78, 5) is 15.2. The van der Waals surface area contributed by atoms with Crippen molar-refractivity contribution in [2.45, 2.75) is 45.2 Å². The summed E-state index contributed by atoms with van der Waals surface area (Å²) in [7, 11) is 1.65. The number of hydrogen-bond acceptors (Lipinski definition) is 4. The molecule has 7 nitrogen and oxygen atoms in total. The van der Waals surface area contributed by atoms with Crippen molar-refractivity contribution in [3.8, 4) is 17.1 Å². The number of aryl methyl sites for hydroxylation is 1. The minimum atomic E-state index is -0.0252. The van der Waals surface area contributed by atoms with Gasteiger partial charge in [-0.15, -0.1) is 0 Å². The van der Waals surface area contributed by atoms with Crippen molar-refractivity contribution in [3.63, 3.8) is 0 Å². The molecule has 2 N–H and O–H groups in total. The third-order valence-corrected chi connectivity index (χ3v) is 7.88. The van der Waals surface area contributed by atoms with Gasteiger partial charge >= 0.3 is 0 Å². The second-order valence-corrected chi connectivity index (χ2v) is 10.9. The molecule has 6 rings (SSSR count). The summed E-state index contributed by atoms with van der Waals surface area (Å²) in [6, 6.07) is 10.5. The first-order valence-electron chi connectivity index (χ1n) is 12.3. The van der Waals surface area contributed by atoms with Crippen LogP contribution in [-0.4, -0.2) is 51.2 Å². The van der Waals surface area contributed by atoms with Crippen molar-refractivity contribution < 1.29 is 9.53 Å². The first-order valence-corrected chi connectivity index (χ1v) is 13.1. The molecule has 1 amide bonds. The zero-order chi connectivity index (χ0) is 24.3. The van der Waals surface area contributed by atoms with Crippen LogP contribution in [-0.2, 0) is 6.54 Å². The topological polar surface area (TPSA) is 77.8 Å². The minimum absolute atomic E-state index is 0.0252. The standard InChI is InChI=1S/C27H30BrN5O2/c1-16-25(23-10-18-7-8-20(28)12-22(18)32(23)13-17-5-6-17)30-33-14-19(11-24(35-2)26(16)33)27(34)31-9-3-4-21(29)15-31/h7-8,10-12,14,17,21H,3-6,9,13,15,29H2,1-2H3. The van der Waals surface area contributed by atoms with E-state index < -0.39 is 0 Å². The minimum Gasteiger partial charge on any atom is -0.494 e. The Bertz CT molecular complexity index is 1450. The van der Waals surface area contributed by atoms with E-state index in [4.69, 9.17) is 15.6 Å². The number of likely N-dealkylation sites (tertiary alicyclic amines) is 1. The molecular weight excluding hydrogens is 506 g/mol. The highest BCUT2D eigenvalue weighted by molar-refractivity contribution is 9.10. The van der Waals surface area contributed by atoms with Gasteiger partial charge in [-0.3, -0.25) is 4.79 Å². The molecule has 1 saturated heterocycles. The number of amides is 1. The molecule has 0 spiro atoms. The quantitative estimate of drug-likeness (QED) is 0.389. The highest BCUT2D eigenvalue weighted by Gasteiger charge is 2.28. The van der Waals surface area contributed by atoms with Gasteiger partial charge in [-0.1, -0.05) is 22.0 Å². The average Bonchev–Trinajstić information content (AvgIpc) is 3.53. The lowest BCUT2D eigenvalue weighted by atomic mass is 10.1. The van der Waals surface area contributed by atoms with E-state index in [0.717, 1.165) is 58.8 Å². The first-order chi connectivity index (χ1) is 16.9. The molecule has 1 aromatic carbocycles. The number of fused-ring (bicyclic) bond motifs is 2. The number of piperidine rings is 1. The van der Waals surface area contributed by atoms with Crippen molar-refractivity contribution in [2.75, 3.05) is 20.2 Å². The fourth-order valence-corrected chi connectivity index (χ4v) is 5.71. The van der Waals surface area contributed by atoms with Crippen LogP contribution in [0, 0.1) is 12.8 Å². The number of benzene rings is 1.